The van der Waals surface area contributed by atoms with Gasteiger partial charge in [0, 0.05) is 18.0 Å². The van der Waals surface area contributed by atoms with Crippen LogP contribution < -0.4 is 9.05 Å². The molecular formula is C25H26F2NO8PS. The van der Waals surface area contributed by atoms with E-state index in [2.05, 4.69) is 0 Å². The van der Waals surface area contributed by atoms with Gasteiger partial charge in [0.25, 0.3) is 6.43 Å². The van der Waals surface area contributed by atoms with Gasteiger partial charge in [0.15, 0.2) is 17.6 Å². The number of aliphatic hydroxyl groups excluding tert-OH is 2. The van der Waals surface area contributed by atoms with Crippen molar-refractivity contribution >= 4 is 30.2 Å². The predicted octanol–water partition coefficient (Wildman–Crippen LogP) is 3.40. The molecule has 0 bridgehead atoms. The molecule has 2 aliphatic heterocycles. The van der Waals surface area contributed by atoms with Gasteiger partial charge in [-0.1, -0.05) is 35.4 Å². The van der Waals surface area contributed by atoms with Gasteiger partial charge < -0.3 is 24.0 Å². The molecule has 2 heterocycles. The first-order chi connectivity index (χ1) is 17.9. The molecule has 1 amide bonds. The topological polar surface area (TPSA) is 115 Å². The second-order valence-corrected chi connectivity index (χ2v) is 11.8. The first kappa shape index (κ1) is 28.3. The van der Waals surface area contributed by atoms with Crippen LogP contribution in [0, 0.1) is 13.8 Å². The summed E-state index contributed by atoms with van der Waals surface area (Å²) in [6.45, 7) is -1.17. The highest BCUT2D eigenvalue weighted by Crippen LogP contribution is 2.52. The highest BCUT2D eigenvalue weighted by molar-refractivity contribution is 8.07. The fourth-order valence-corrected chi connectivity index (χ4v) is 5.81. The Hall–Kier alpha value is -2.73. The highest BCUT2D eigenvalue weighted by Gasteiger charge is 2.62. The fraction of sp³-hybridized carbons (Fsp3) is 0.360. The summed E-state index contributed by atoms with van der Waals surface area (Å²) in [7, 11) is 0. The van der Waals surface area contributed by atoms with Crippen molar-refractivity contribution in [3.63, 3.8) is 0 Å². The van der Waals surface area contributed by atoms with E-state index < -0.39 is 61.9 Å². The SMILES string of the molecule is Cc1ccc(OP(=S)(OC[C@@]2(C(F)F)O[C@@H](N3C=CC(=O)CC3=O)[C@H](O)[C@H]2O)Oc2ccc(C)cc2)cc1. The van der Waals surface area contributed by atoms with Gasteiger partial charge in [0.05, 0.1) is 13.0 Å². The molecule has 4 rings (SSSR count). The summed E-state index contributed by atoms with van der Waals surface area (Å²) in [6, 6.07) is 13.4. The number of aliphatic hydroxyl groups is 2. The molecule has 2 aliphatic rings. The van der Waals surface area contributed by atoms with Crippen LogP contribution in [0.1, 0.15) is 17.5 Å². The molecule has 2 aromatic rings. The zero-order valence-electron chi connectivity index (χ0n) is 20.4. The van der Waals surface area contributed by atoms with E-state index >= 15 is 0 Å². The number of ether oxygens (including phenoxy) is 1. The number of ketones is 1. The number of hydrogen-bond acceptors (Lipinski definition) is 9. The normalized spacial score (nSPS) is 25.8. The van der Waals surface area contributed by atoms with Gasteiger partial charge in [0.2, 0.25) is 5.91 Å². The number of rotatable bonds is 9. The van der Waals surface area contributed by atoms with Crippen molar-refractivity contribution in [2.45, 2.75) is 50.7 Å². The summed E-state index contributed by atoms with van der Waals surface area (Å²) in [5.41, 5.74) is -0.918. The van der Waals surface area contributed by atoms with Crippen molar-refractivity contribution in [2.24, 2.45) is 0 Å². The molecule has 0 unspecified atom stereocenters. The van der Waals surface area contributed by atoms with E-state index in [1.165, 1.54) is 0 Å². The van der Waals surface area contributed by atoms with Crippen LogP contribution in [-0.2, 0) is 30.7 Å². The Labute approximate surface area is 222 Å². The first-order valence-electron chi connectivity index (χ1n) is 11.5. The molecule has 0 spiro atoms. The average molecular weight is 570 g/mol. The number of aryl methyl sites for hydroxylation is 2. The van der Waals surface area contributed by atoms with Crippen molar-refractivity contribution < 1.29 is 46.9 Å². The third kappa shape index (κ3) is 5.96. The highest BCUT2D eigenvalue weighted by atomic mass is 32.5. The number of carbonyl (C=O) groups is 2. The molecule has 1 saturated heterocycles. The summed E-state index contributed by atoms with van der Waals surface area (Å²) in [5.74, 6) is -0.756. The number of alkyl halides is 2. The molecule has 0 radical (unpaired) electrons. The summed E-state index contributed by atoms with van der Waals surface area (Å²) in [5, 5.41) is 21.3. The van der Waals surface area contributed by atoms with Gasteiger partial charge in [-0.3, -0.25) is 19.0 Å². The van der Waals surface area contributed by atoms with Crippen LogP contribution in [0.2, 0.25) is 0 Å². The standard InChI is InChI=1S/C25H26F2NO8PS/c1-15-3-7-18(8-4-15)35-37(38,36-19-9-5-16(2)6-10-19)33-14-25(24(26)27)22(32)21(31)23(34-25)28-12-11-17(29)13-20(28)30/h3-12,21-24,31-32H,13-14H2,1-2H3/t21-,22-,23-,25-/m1/s1. The van der Waals surface area contributed by atoms with Crippen molar-refractivity contribution in [2.75, 3.05) is 6.61 Å². The zero-order chi connectivity index (χ0) is 27.7. The Balaban J connectivity index is 1.61. The van der Waals surface area contributed by atoms with Gasteiger partial charge in [-0.25, -0.2) is 8.78 Å². The fourth-order valence-electron chi connectivity index (χ4n) is 3.87. The summed E-state index contributed by atoms with van der Waals surface area (Å²) < 4.78 is 51.7. The maximum absolute atomic E-state index is 14.5. The van der Waals surface area contributed by atoms with Crippen LogP contribution in [0.4, 0.5) is 8.78 Å². The third-order valence-corrected chi connectivity index (χ3v) is 8.14. The molecule has 2 aromatic carbocycles. The van der Waals surface area contributed by atoms with E-state index in [1.54, 1.807) is 48.5 Å². The van der Waals surface area contributed by atoms with Crippen LogP contribution in [0.5, 0.6) is 11.5 Å². The lowest BCUT2D eigenvalue weighted by Gasteiger charge is -2.34. The largest absolute Gasteiger partial charge is 0.435 e. The minimum Gasteiger partial charge on any atom is -0.416 e. The Morgan fingerprint density at radius 2 is 1.58 bits per heavy atom. The van der Waals surface area contributed by atoms with Crippen LogP contribution in [0.25, 0.3) is 0 Å². The average Bonchev–Trinajstić information content (AvgIpc) is 3.12. The van der Waals surface area contributed by atoms with Crippen LogP contribution in [-0.4, -0.2) is 63.9 Å². The molecule has 4 atom stereocenters. The van der Waals surface area contributed by atoms with Crippen LogP contribution in [0.3, 0.4) is 0 Å². The lowest BCUT2D eigenvalue weighted by Crippen LogP contribution is -2.52. The molecule has 38 heavy (non-hydrogen) atoms. The van der Waals surface area contributed by atoms with Gasteiger partial charge in [-0.2, -0.15) is 0 Å². The minimum absolute atomic E-state index is 0.261. The molecule has 204 valence electrons. The Morgan fingerprint density at radius 3 is 2.05 bits per heavy atom. The number of amides is 1. The second-order valence-electron chi connectivity index (χ2n) is 8.99. The first-order valence-corrected chi connectivity index (χ1v) is 14.1. The maximum atomic E-state index is 14.5. The molecule has 9 nitrogen and oxygen atoms in total. The third-order valence-electron chi connectivity index (χ3n) is 6.06. The molecule has 0 saturated carbocycles. The van der Waals surface area contributed by atoms with E-state index in [4.69, 9.17) is 30.1 Å². The van der Waals surface area contributed by atoms with E-state index in [-0.39, 0.29) is 11.5 Å². The van der Waals surface area contributed by atoms with Gasteiger partial charge in [0.1, 0.15) is 23.7 Å². The maximum Gasteiger partial charge on any atom is 0.435 e. The van der Waals surface area contributed by atoms with Crippen LogP contribution in [0.15, 0.2) is 60.8 Å². The molecule has 13 heteroatoms. The summed E-state index contributed by atoms with van der Waals surface area (Å²) >= 11 is 5.54. The number of hydrogen-bond donors (Lipinski definition) is 2. The van der Waals surface area contributed by atoms with Crippen LogP contribution >= 0.6 is 6.72 Å². The molecule has 0 aromatic heterocycles. The number of nitrogens with zero attached hydrogens (tertiary/aromatic N) is 1. The van der Waals surface area contributed by atoms with Gasteiger partial charge in [-0.05, 0) is 44.2 Å². The van der Waals surface area contributed by atoms with Gasteiger partial charge >= 0.3 is 6.72 Å². The molecule has 1 fully saturated rings. The zero-order valence-corrected chi connectivity index (χ0v) is 22.1. The monoisotopic (exact) mass is 569 g/mol. The molecule has 0 aliphatic carbocycles. The number of benzene rings is 2. The van der Waals surface area contributed by atoms with Crippen molar-refractivity contribution in [1.82, 2.24) is 4.90 Å². The van der Waals surface area contributed by atoms with Crippen molar-refractivity contribution in [1.29, 1.82) is 0 Å². The number of halogens is 2. The minimum atomic E-state index is -3.86. The van der Waals surface area contributed by atoms with E-state index in [1.807, 2.05) is 13.8 Å². The predicted molar refractivity (Wildman–Crippen MR) is 135 cm³/mol. The summed E-state index contributed by atoms with van der Waals surface area (Å²) in [4.78, 5) is 24.6. The smallest absolute Gasteiger partial charge is 0.416 e. The Bertz CT molecular complexity index is 1210. The quantitative estimate of drug-likeness (QED) is 0.347. The molecule has 2 N–H and O–H groups in total. The lowest BCUT2D eigenvalue weighted by atomic mass is 9.96. The van der Waals surface area contributed by atoms with E-state index in [0.29, 0.717) is 0 Å². The molecular weight excluding hydrogens is 543 g/mol. The summed E-state index contributed by atoms with van der Waals surface area (Å²) in [6.07, 6.45) is -7.68. The Kier molecular flexibility index (Phi) is 8.32. The lowest BCUT2D eigenvalue weighted by molar-refractivity contribution is -0.199. The number of carbonyl (C=O) groups excluding carboxylic acids is 2. The second kappa shape index (κ2) is 11.2. The van der Waals surface area contributed by atoms with Crippen molar-refractivity contribution in [3.8, 4) is 11.5 Å². The number of allylic oxidation sites excluding steroid dienone is 1. The Morgan fingerprint density at radius 1 is 1.05 bits per heavy atom. The van der Waals surface area contributed by atoms with E-state index in [0.717, 1.165) is 28.3 Å². The van der Waals surface area contributed by atoms with Gasteiger partial charge in [-0.15, -0.1) is 0 Å². The van der Waals surface area contributed by atoms with E-state index in [9.17, 15) is 28.6 Å². The van der Waals surface area contributed by atoms with Crippen molar-refractivity contribution in [3.05, 3.63) is 71.9 Å².